The lowest BCUT2D eigenvalue weighted by Gasteiger charge is -2.13. The molecule has 1 fully saturated rings. The van der Waals surface area contributed by atoms with Crippen molar-refractivity contribution in [2.75, 3.05) is 24.0 Å². The summed E-state index contributed by atoms with van der Waals surface area (Å²) in [5.41, 5.74) is 1.65. The molecule has 0 atom stereocenters. The fourth-order valence-corrected chi connectivity index (χ4v) is 7.89. The average Bonchev–Trinajstić information content (AvgIpc) is 3.48. The van der Waals surface area contributed by atoms with E-state index >= 15 is 0 Å². The molecule has 0 N–H and O–H groups in total. The first-order chi connectivity index (χ1) is 16.9. The summed E-state index contributed by atoms with van der Waals surface area (Å²) in [4.78, 5) is 32.4. The van der Waals surface area contributed by atoms with E-state index in [0.29, 0.717) is 25.0 Å². The van der Waals surface area contributed by atoms with E-state index in [1.165, 1.54) is 23.1 Å². The number of methoxy groups -OCH3 is 1. The van der Waals surface area contributed by atoms with Crippen LogP contribution in [0.25, 0.3) is 9.93 Å². The highest BCUT2D eigenvalue weighted by Gasteiger charge is 2.35. The van der Waals surface area contributed by atoms with Gasteiger partial charge in [0.05, 0.1) is 18.5 Å². The first-order valence-corrected chi connectivity index (χ1v) is 14.0. The molecule has 0 bridgehead atoms. The largest absolute Gasteiger partial charge is 0.497 e. The lowest BCUT2D eigenvalue weighted by molar-refractivity contribution is -0.112. The van der Waals surface area contributed by atoms with Crippen molar-refractivity contribution in [3.05, 3.63) is 68.1 Å². The minimum Gasteiger partial charge on any atom is -0.497 e. The Hall–Kier alpha value is -2.53. The van der Waals surface area contributed by atoms with Crippen molar-refractivity contribution in [1.29, 1.82) is 0 Å². The minimum atomic E-state index is -0.185. The number of hydrogen-bond donors (Lipinski definition) is 0. The number of fused-ring (bicyclic) bond motifs is 1. The number of carbonyl (C=O) groups excluding carboxylic acids is 1. The number of para-hydroxylation sites is 1. The van der Waals surface area contributed by atoms with Crippen LogP contribution in [-0.2, 0) is 11.3 Å². The monoisotopic (exact) mass is 541 g/mol. The van der Waals surface area contributed by atoms with Gasteiger partial charge in [-0.15, -0.1) is 11.3 Å². The molecule has 6 nitrogen and oxygen atoms in total. The maximum atomic E-state index is 13.7. The van der Waals surface area contributed by atoms with E-state index in [9.17, 15) is 9.59 Å². The van der Waals surface area contributed by atoms with Crippen LogP contribution < -0.4 is 29.3 Å². The number of nitrogens with zero attached hydrogens (tertiary/aromatic N) is 3. The molecule has 0 radical (unpaired) electrons. The summed E-state index contributed by atoms with van der Waals surface area (Å²) < 4.78 is 8.91. The average molecular weight is 542 g/mol. The Labute approximate surface area is 220 Å². The number of rotatable bonds is 5. The van der Waals surface area contributed by atoms with Gasteiger partial charge in [0, 0.05) is 24.6 Å². The number of aromatic nitrogens is 1. The number of hydrogen-bond acceptors (Lipinski definition) is 8. The fourth-order valence-electron chi connectivity index (χ4n) is 3.98. The van der Waals surface area contributed by atoms with Gasteiger partial charge in [-0.1, -0.05) is 67.3 Å². The van der Waals surface area contributed by atoms with Crippen LogP contribution in [0.15, 0.2) is 58.2 Å². The van der Waals surface area contributed by atoms with Gasteiger partial charge in [0.15, 0.2) is 4.32 Å². The smallest absolute Gasteiger partial charge is 0.273 e. The molecule has 1 aromatic heterocycles. The number of thioether (sulfide) groups is 2. The van der Waals surface area contributed by atoms with Crippen LogP contribution in [0, 0.1) is 0 Å². The summed E-state index contributed by atoms with van der Waals surface area (Å²) in [6.45, 7) is 2.64. The van der Waals surface area contributed by atoms with Crippen molar-refractivity contribution in [3.8, 4) is 5.75 Å². The number of anilines is 2. The Morgan fingerprint density at radius 3 is 2.54 bits per heavy atom. The number of carbonyl (C=O) groups is 1. The van der Waals surface area contributed by atoms with Gasteiger partial charge in [0.2, 0.25) is 0 Å². The Morgan fingerprint density at radius 1 is 1.06 bits per heavy atom. The summed E-state index contributed by atoms with van der Waals surface area (Å²) in [5.74, 6) is 0.581. The highest BCUT2D eigenvalue weighted by Crippen LogP contribution is 2.46. The van der Waals surface area contributed by atoms with E-state index in [4.69, 9.17) is 17.0 Å². The number of ether oxygens (including phenoxy) is 1. The zero-order valence-electron chi connectivity index (χ0n) is 19.4. The normalized spacial score (nSPS) is 18.5. The standard InChI is InChI=1S/C25H23N3O3S4/c1-4-5-13-27-21(29)19(23-26(2)17-14-16(31-3)11-12-18(17)33-23)34-24(27)20-22(30)28(25(32)35-20)15-9-7-6-8-10-15/h6-12,14H,4-5,13H2,1-3H3. The van der Waals surface area contributed by atoms with Gasteiger partial charge in [0.1, 0.15) is 24.9 Å². The molecule has 2 aromatic carbocycles. The second-order valence-corrected chi connectivity index (χ2v) is 11.7. The summed E-state index contributed by atoms with van der Waals surface area (Å²) >= 11 is 9.78. The van der Waals surface area contributed by atoms with E-state index in [0.717, 1.165) is 39.9 Å². The van der Waals surface area contributed by atoms with Gasteiger partial charge in [-0.25, -0.2) is 0 Å². The number of benzene rings is 2. The highest BCUT2D eigenvalue weighted by molar-refractivity contribution is 8.31. The second-order valence-electron chi connectivity index (χ2n) is 8.02. The van der Waals surface area contributed by atoms with Crippen LogP contribution in [0.1, 0.15) is 19.8 Å². The topological polar surface area (TPSA) is 54.8 Å². The molecule has 1 saturated heterocycles. The first kappa shape index (κ1) is 24.2. The summed E-state index contributed by atoms with van der Waals surface area (Å²) in [7, 11) is 3.60. The third-order valence-corrected chi connectivity index (χ3v) is 9.88. The third kappa shape index (κ3) is 4.22. The first-order valence-electron chi connectivity index (χ1n) is 11.1. The summed E-state index contributed by atoms with van der Waals surface area (Å²) in [5, 5.41) is 0.860. The maximum absolute atomic E-state index is 13.7. The van der Waals surface area contributed by atoms with Crippen LogP contribution in [0.5, 0.6) is 5.75 Å². The molecule has 2 aliphatic heterocycles. The van der Waals surface area contributed by atoms with Crippen molar-refractivity contribution in [1.82, 2.24) is 4.57 Å². The molecule has 0 saturated carbocycles. The van der Waals surface area contributed by atoms with Gasteiger partial charge in [-0.2, -0.15) is 0 Å². The van der Waals surface area contributed by atoms with Crippen LogP contribution in [0.2, 0.25) is 0 Å². The molecule has 0 aliphatic carbocycles. The Balaban J connectivity index is 1.69. The molecule has 0 unspecified atom stereocenters. The van der Waals surface area contributed by atoms with E-state index in [1.54, 1.807) is 28.3 Å². The predicted molar refractivity (Wildman–Crippen MR) is 151 cm³/mol. The number of amides is 1. The predicted octanol–water partition coefficient (Wildman–Crippen LogP) is 4.20. The number of thiocarbonyl (C=S) groups is 1. The molecule has 5 rings (SSSR count). The van der Waals surface area contributed by atoms with E-state index in [1.807, 2.05) is 60.5 Å². The Kier molecular flexibility index (Phi) is 6.80. The molecule has 2 aliphatic rings. The van der Waals surface area contributed by atoms with Crippen LogP contribution in [0.4, 0.5) is 11.4 Å². The Bertz CT molecular complexity index is 1510. The molecule has 180 valence electrons. The van der Waals surface area contributed by atoms with Crippen LogP contribution in [-0.4, -0.2) is 29.0 Å². The second kappa shape index (κ2) is 9.85. The van der Waals surface area contributed by atoms with Crippen molar-refractivity contribution < 1.29 is 9.53 Å². The number of thiazole rings is 1. The SMILES string of the molecule is CCCCn1c(=C2SC(=S)N(c3ccccc3)C2=O)sc(=C2Sc3ccc(OC)cc3N2C)c1=O. The quantitative estimate of drug-likeness (QED) is 0.449. The van der Waals surface area contributed by atoms with E-state index in [2.05, 4.69) is 6.92 Å². The van der Waals surface area contributed by atoms with Crippen LogP contribution >= 0.6 is 47.1 Å². The molecule has 1 amide bonds. The van der Waals surface area contributed by atoms with Gasteiger partial charge in [-0.3, -0.25) is 19.1 Å². The lowest BCUT2D eigenvalue weighted by atomic mass is 10.3. The van der Waals surface area contributed by atoms with Gasteiger partial charge < -0.3 is 9.64 Å². The zero-order valence-corrected chi connectivity index (χ0v) is 22.7. The molecule has 35 heavy (non-hydrogen) atoms. The van der Waals surface area contributed by atoms with Crippen molar-refractivity contribution in [3.63, 3.8) is 0 Å². The zero-order chi connectivity index (χ0) is 24.7. The van der Waals surface area contributed by atoms with E-state index in [-0.39, 0.29) is 11.5 Å². The minimum absolute atomic E-state index is 0.0717. The molecule has 3 aromatic rings. The molecule has 3 heterocycles. The third-order valence-electron chi connectivity index (χ3n) is 5.83. The van der Waals surface area contributed by atoms with Crippen molar-refractivity contribution in [2.24, 2.45) is 0 Å². The lowest BCUT2D eigenvalue weighted by Crippen LogP contribution is -2.35. The summed E-state index contributed by atoms with van der Waals surface area (Å²) in [6.07, 6.45) is 1.79. The molecule has 0 spiro atoms. The van der Waals surface area contributed by atoms with E-state index < -0.39 is 0 Å². The van der Waals surface area contributed by atoms with Gasteiger partial charge in [-0.05, 0) is 30.7 Å². The van der Waals surface area contributed by atoms with Gasteiger partial charge in [0.25, 0.3) is 11.5 Å². The fraction of sp³-hybridized carbons (Fsp3) is 0.240. The molecule has 10 heteroatoms. The highest BCUT2D eigenvalue weighted by atomic mass is 32.2. The molecular weight excluding hydrogens is 519 g/mol. The van der Waals surface area contributed by atoms with Crippen LogP contribution in [0.3, 0.4) is 0 Å². The molecular formula is C25H23N3O3S4. The Morgan fingerprint density at radius 2 is 1.83 bits per heavy atom. The van der Waals surface area contributed by atoms with Crippen molar-refractivity contribution in [2.45, 2.75) is 31.2 Å². The summed E-state index contributed by atoms with van der Waals surface area (Å²) in [6, 6.07) is 15.3. The maximum Gasteiger partial charge on any atom is 0.273 e. The number of unbranched alkanes of at least 4 members (excludes halogenated alkanes) is 1. The van der Waals surface area contributed by atoms with Gasteiger partial charge >= 0.3 is 0 Å². The van der Waals surface area contributed by atoms with Crippen molar-refractivity contribution >= 4 is 78.6 Å².